The molecule has 1 aliphatic rings. The van der Waals surface area contributed by atoms with Crippen LogP contribution in [0.2, 0.25) is 0 Å². The maximum Gasteiger partial charge on any atom is 0.248 e. The molecule has 1 atom stereocenters. The molecule has 1 saturated heterocycles. The van der Waals surface area contributed by atoms with Crippen LogP contribution >= 0.6 is 0 Å². The van der Waals surface area contributed by atoms with Gasteiger partial charge in [-0.2, -0.15) is 5.26 Å². The van der Waals surface area contributed by atoms with Crippen molar-refractivity contribution in [2.45, 2.75) is 32.3 Å². The summed E-state index contributed by atoms with van der Waals surface area (Å²) >= 11 is 0. The summed E-state index contributed by atoms with van der Waals surface area (Å²) in [5, 5.41) is 8.65. The summed E-state index contributed by atoms with van der Waals surface area (Å²) in [6.07, 6.45) is 2.84. The highest BCUT2D eigenvalue weighted by Gasteiger charge is 2.25. The summed E-state index contributed by atoms with van der Waals surface area (Å²) in [7, 11) is 0. The van der Waals surface area contributed by atoms with Crippen LogP contribution in [-0.4, -0.2) is 36.6 Å². The third kappa shape index (κ3) is 3.00. The number of unbranched alkanes of at least 4 members (excludes halogenated alkanes) is 2. The van der Waals surface area contributed by atoms with Crippen LogP contribution in [0.1, 0.15) is 26.2 Å². The van der Waals surface area contributed by atoms with E-state index < -0.39 is 6.10 Å². The van der Waals surface area contributed by atoms with Crippen molar-refractivity contribution in [3.8, 4) is 6.07 Å². The quantitative estimate of drug-likeness (QED) is 0.628. The highest BCUT2D eigenvalue weighted by Crippen LogP contribution is 2.07. The molecule has 0 aromatic heterocycles. The number of morpholine rings is 1. The maximum absolute atomic E-state index is 11.3. The molecule has 0 aromatic rings. The van der Waals surface area contributed by atoms with Crippen molar-refractivity contribution < 1.29 is 9.53 Å². The second-order valence-corrected chi connectivity index (χ2v) is 3.48. The van der Waals surface area contributed by atoms with Crippen LogP contribution < -0.4 is 0 Å². The summed E-state index contributed by atoms with van der Waals surface area (Å²) in [6.45, 7) is 3.37. The average Bonchev–Trinajstić information content (AvgIpc) is 2.21. The van der Waals surface area contributed by atoms with Crippen molar-refractivity contribution >= 4 is 5.91 Å². The highest BCUT2D eigenvalue weighted by molar-refractivity contribution is 5.78. The number of hydrogen-bond donors (Lipinski definition) is 0. The minimum absolute atomic E-state index is 0.00704. The van der Waals surface area contributed by atoms with Gasteiger partial charge >= 0.3 is 0 Å². The smallest absolute Gasteiger partial charge is 0.248 e. The number of ether oxygens (including phenoxy) is 1. The molecule has 0 radical (unpaired) electrons. The van der Waals surface area contributed by atoms with Gasteiger partial charge in [0.25, 0.3) is 0 Å². The van der Waals surface area contributed by atoms with E-state index in [0.29, 0.717) is 6.54 Å². The fourth-order valence-electron chi connectivity index (χ4n) is 1.46. The predicted octanol–water partition coefficient (Wildman–Crippen LogP) is 0.928. The number of carbonyl (C=O) groups is 1. The first-order chi connectivity index (χ1) is 6.77. The maximum atomic E-state index is 11.3. The monoisotopic (exact) mass is 196 g/mol. The molecular formula is C10H16N2O2. The van der Waals surface area contributed by atoms with E-state index >= 15 is 0 Å². The van der Waals surface area contributed by atoms with Crippen LogP contribution in [0.3, 0.4) is 0 Å². The summed E-state index contributed by atoms with van der Waals surface area (Å²) < 4.78 is 5.02. The van der Waals surface area contributed by atoms with Gasteiger partial charge in [-0.15, -0.1) is 0 Å². The number of nitrogens with zero attached hydrogens (tertiary/aromatic N) is 2. The van der Waals surface area contributed by atoms with Crippen LogP contribution in [0.25, 0.3) is 0 Å². The molecule has 0 N–H and O–H groups in total. The topological polar surface area (TPSA) is 53.3 Å². The third-order valence-electron chi connectivity index (χ3n) is 2.32. The second kappa shape index (κ2) is 5.61. The van der Waals surface area contributed by atoms with Crippen molar-refractivity contribution in [1.82, 2.24) is 4.90 Å². The summed E-state index contributed by atoms with van der Waals surface area (Å²) in [5.74, 6) is 0.00704. The molecule has 1 rings (SSSR count). The zero-order valence-electron chi connectivity index (χ0n) is 8.53. The fourth-order valence-corrected chi connectivity index (χ4v) is 1.46. The average molecular weight is 196 g/mol. The number of nitriles is 1. The van der Waals surface area contributed by atoms with Crippen LogP contribution in [0.4, 0.5) is 0 Å². The Kier molecular flexibility index (Phi) is 4.41. The van der Waals surface area contributed by atoms with Crippen molar-refractivity contribution in [1.29, 1.82) is 5.26 Å². The van der Waals surface area contributed by atoms with Gasteiger partial charge in [-0.1, -0.05) is 19.8 Å². The normalized spacial score (nSPS) is 22.1. The third-order valence-corrected chi connectivity index (χ3v) is 2.32. The molecule has 4 heteroatoms. The lowest BCUT2D eigenvalue weighted by Crippen LogP contribution is -2.46. The molecule has 1 aliphatic heterocycles. The van der Waals surface area contributed by atoms with E-state index in [4.69, 9.17) is 10.00 Å². The number of hydrogen-bond acceptors (Lipinski definition) is 3. The molecule has 1 unspecified atom stereocenters. The van der Waals surface area contributed by atoms with E-state index in [-0.39, 0.29) is 12.5 Å². The second-order valence-electron chi connectivity index (χ2n) is 3.48. The molecule has 4 nitrogen and oxygen atoms in total. The minimum atomic E-state index is -0.436. The van der Waals surface area contributed by atoms with Crippen molar-refractivity contribution in [2.24, 2.45) is 0 Å². The predicted molar refractivity (Wildman–Crippen MR) is 51.5 cm³/mol. The molecule has 0 bridgehead atoms. The largest absolute Gasteiger partial charge is 0.352 e. The molecule has 0 aliphatic carbocycles. The van der Waals surface area contributed by atoms with Crippen molar-refractivity contribution in [3.63, 3.8) is 0 Å². The zero-order chi connectivity index (χ0) is 10.4. The van der Waals surface area contributed by atoms with Gasteiger partial charge in [0.05, 0.1) is 12.6 Å². The van der Waals surface area contributed by atoms with E-state index in [0.717, 1.165) is 25.8 Å². The molecule has 78 valence electrons. The summed E-state index contributed by atoms with van der Waals surface area (Å²) in [4.78, 5) is 13.1. The van der Waals surface area contributed by atoms with Gasteiger partial charge in [-0.3, -0.25) is 4.79 Å². The standard InChI is InChI=1S/C10H16N2O2/c1-2-3-4-5-12-7-9(6-11)14-8-10(12)13/h9H,2-5,7-8H2,1H3. The Morgan fingerprint density at radius 2 is 2.43 bits per heavy atom. The van der Waals surface area contributed by atoms with Gasteiger partial charge in [-0.25, -0.2) is 0 Å². The van der Waals surface area contributed by atoms with E-state index in [2.05, 4.69) is 6.92 Å². The first kappa shape index (κ1) is 11.0. The van der Waals surface area contributed by atoms with E-state index in [1.807, 2.05) is 6.07 Å². The molecule has 1 fully saturated rings. The molecule has 0 aromatic carbocycles. The van der Waals surface area contributed by atoms with Crippen LogP contribution in [0, 0.1) is 11.3 Å². The van der Waals surface area contributed by atoms with Gasteiger partial charge in [-0.05, 0) is 6.42 Å². The molecule has 1 amide bonds. The van der Waals surface area contributed by atoms with Crippen LogP contribution in [-0.2, 0) is 9.53 Å². The molecule has 1 heterocycles. The number of rotatable bonds is 4. The number of carbonyl (C=O) groups excluding carboxylic acids is 1. The van der Waals surface area contributed by atoms with Crippen LogP contribution in [0.15, 0.2) is 0 Å². The van der Waals surface area contributed by atoms with E-state index in [9.17, 15) is 4.79 Å². The molecule has 14 heavy (non-hydrogen) atoms. The molecular weight excluding hydrogens is 180 g/mol. The lowest BCUT2D eigenvalue weighted by molar-refractivity contribution is -0.145. The summed E-state index contributed by atoms with van der Waals surface area (Å²) in [6, 6.07) is 2.03. The van der Waals surface area contributed by atoms with Crippen molar-refractivity contribution in [2.75, 3.05) is 19.7 Å². The first-order valence-corrected chi connectivity index (χ1v) is 5.07. The van der Waals surface area contributed by atoms with Gasteiger partial charge < -0.3 is 9.64 Å². The highest BCUT2D eigenvalue weighted by atomic mass is 16.5. The fraction of sp³-hybridized carbons (Fsp3) is 0.800. The van der Waals surface area contributed by atoms with Gasteiger partial charge in [0, 0.05) is 6.54 Å². The Bertz CT molecular complexity index is 235. The lowest BCUT2D eigenvalue weighted by atomic mass is 10.2. The minimum Gasteiger partial charge on any atom is -0.352 e. The Morgan fingerprint density at radius 1 is 1.64 bits per heavy atom. The number of amides is 1. The Labute approximate surface area is 84.4 Å². The SMILES string of the molecule is CCCCCN1CC(C#N)OCC1=O. The molecule has 0 saturated carbocycles. The lowest BCUT2D eigenvalue weighted by Gasteiger charge is -2.29. The van der Waals surface area contributed by atoms with Gasteiger partial charge in [0.1, 0.15) is 6.61 Å². The summed E-state index contributed by atoms with van der Waals surface area (Å²) in [5.41, 5.74) is 0. The van der Waals surface area contributed by atoms with Crippen LogP contribution in [0.5, 0.6) is 0 Å². The Balaban J connectivity index is 2.33. The van der Waals surface area contributed by atoms with Crippen molar-refractivity contribution in [3.05, 3.63) is 0 Å². The molecule has 0 spiro atoms. The Hall–Kier alpha value is -1.08. The van der Waals surface area contributed by atoms with E-state index in [1.165, 1.54) is 0 Å². The Morgan fingerprint density at radius 3 is 3.07 bits per heavy atom. The first-order valence-electron chi connectivity index (χ1n) is 5.07. The van der Waals surface area contributed by atoms with E-state index in [1.54, 1.807) is 4.90 Å². The van der Waals surface area contributed by atoms with Gasteiger partial charge in [0.2, 0.25) is 5.91 Å². The van der Waals surface area contributed by atoms with Gasteiger partial charge in [0.15, 0.2) is 6.10 Å². The zero-order valence-corrected chi connectivity index (χ0v) is 8.53.